The predicted molar refractivity (Wildman–Crippen MR) is 90.1 cm³/mol. The summed E-state index contributed by atoms with van der Waals surface area (Å²) in [7, 11) is 0. The van der Waals surface area contributed by atoms with E-state index in [1.807, 2.05) is 19.1 Å². The Morgan fingerprint density at radius 3 is 2.50 bits per heavy atom. The van der Waals surface area contributed by atoms with Crippen molar-refractivity contribution in [3.63, 3.8) is 0 Å². The van der Waals surface area contributed by atoms with Crippen molar-refractivity contribution in [2.45, 2.75) is 57.9 Å². The van der Waals surface area contributed by atoms with E-state index in [1.54, 1.807) is 0 Å². The number of hydrogen-bond acceptors (Lipinski definition) is 2. The zero-order valence-electron chi connectivity index (χ0n) is 12.1. The molecule has 0 amide bonds. The average molecular weight is 361 g/mol. The Balaban J connectivity index is 2.13. The summed E-state index contributed by atoms with van der Waals surface area (Å²) in [5.74, 6) is 0.874. The fourth-order valence-corrected chi connectivity index (χ4v) is 3.70. The van der Waals surface area contributed by atoms with Crippen molar-refractivity contribution in [3.8, 4) is 5.75 Å². The van der Waals surface area contributed by atoms with Crippen LogP contribution in [0.2, 0.25) is 5.02 Å². The van der Waals surface area contributed by atoms with E-state index in [9.17, 15) is 0 Å². The van der Waals surface area contributed by atoms with E-state index in [0.29, 0.717) is 12.6 Å². The quantitative estimate of drug-likeness (QED) is 0.708. The first-order valence-corrected chi connectivity index (χ1v) is 8.76. The van der Waals surface area contributed by atoms with Gasteiger partial charge in [-0.2, -0.15) is 0 Å². The lowest BCUT2D eigenvalue weighted by molar-refractivity contribution is 0.339. The molecule has 1 aromatic rings. The van der Waals surface area contributed by atoms with E-state index in [1.165, 1.54) is 44.9 Å². The van der Waals surface area contributed by atoms with E-state index in [2.05, 4.69) is 21.2 Å². The Bertz CT molecular complexity index is 431. The highest BCUT2D eigenvalue weighted by atomic mass is 79.9. The molecule has 1 N–H and O–H groups in total. The number of anilines is 1. The van der Waals surface area contributed by atoms with Gasteiger partial charge in [-0.3, -0.25) is 0 Å². The number of hydrogen-bond donors (Lipinski definition) is 1. The topological polar surface area (TPSA) is 21.3 Å². The molecule has 0 atom stereocenters. The third-order valence-electron chi connectivity index (χ3n) is 3.76. The molecule has 0 saturated heterocycles. The Labute approximate surface area is 135 Å². The molecule has 4 heteroatoms. The lowest BCUT2D eigenvalue weighted by atomic mass is 9.96. The van der Waals surface area contributed by atoms with Crippen LogP contribution in [0, 0.1) is 0 Å². The predicted octanol–water partition coefficient (Wildman–Crippen LogP) is 6.03. The van der Waals surface area contributed by atoms with Crippen LogP contribution in [-0.2, 0) is 0 Å². The highest BCUT2D eigenvalue weighted by Crippen LogP contribution is 2.37. The lowest BCUT2D eigenvalue weighted by Crippen LogP contribution is -2.21. The molecule has 1 aromatic carbocycles. The third-order valence-corrected chi connectivity index (χ3v) is 4.57. The number of halogens is 2. The van der Waals surface area contributed by atoms with Gasteiger partial charge < -0.3 is 10.1 Å². The van der Waals surface area contributed by atoms with Gasteiger partial charge in [-0.15, -0.1) is 0 Å². The van der Waals surface area contributed by atoms with Crippen LogP contribution >= 0.6 is 27.5 Å². The molecule has 0 spiro atoms. The van der Waals surface area contributed by atoms with Gasteiger partial charge in [-0.05, 0) is 47.8 Å². The fourth-order valence-electron chi connectivity index (χ4n) is 2.78. The maximum atomic E-state index is 6.17. The van der Waals surface area contributed by atoms with Gasteiger partial charge in [-0.1, -0.05) is 43.7 Å². The molecule has 0 unspecified atom stereocenters. The molecule has 112 valence electrons. The van der Waals surface area contributed by atoms with E-state index in [-0.39, 0.29) is 0 Å². The van der Waals surface area contributed by atoms with Gasteiger partial charge in [-0.25, -0.2) is 0 Å². The third kappa shape index (κ3) is 4.56. The van der Waals surface area contributed by atoms with Crippen LogP contribution in [-0.4, -0.2) is 12.6 Å². The van der Waals surface area contributed by atoms with Crippen LogP contribution < -0.4 is 10.1 Å². The maximum absolute atomic E-state index is 6.17. The van der Waals surface area contributed by atoms with E-state index >= 15 is 0 Å². The molecule has 0 heterocycles. The second-order valence-electron chi connectivity index (χ2n) is 5.38. The highest BCUT2D eigenvalue weighted by Gasteiger charge is 2.16. The van der Waals surface area contributed by atoms with Crippen molar-refractivity contribution < 1.29 is 4.74 Å². The summed E-state index contributed by atoms with van der Waals surface area (Å²) in [6.07, 6.45) is 9.18. The summed E-state index contributed by atoms with van der Waals surface area (Å²) >= 11 is 9.72. The normalized spacial score (nSPS) is 17.4. The zero-order valence-corrected chi connectivity index (χ0v) is 14.4. The van der Waals surface area contributed by atoms with Gasteiger partial charge in [0.05, 0.1) is 16.8 Å². The second kappa shape index (κ2) is 8.14. The average Bonchev–Trinajstić information content (AvgIpc) is 2.36. The largest absolute Gasteiger partial charge is 0.491 e. The first kappa shape index (κ1) is 16.0. The SMILES string of the molecule is CCOc1c(Br)cc(Cl)cc1NC1CCCCCCC1. The summed E-state index contributed by atoms with van der Waals surface area (Å²) in [6, 6.07) is 4.38. The van der Waals surface area contributed by atoms with Gasteiger partial charge in [0.1, 0.15) is 0 Å². The van der Waals surface area contributed by atoms with Crippen LogP contribution in [0.5, 0.6) is 5.75 Å². The minimum absolute atomic E-state index is 0.528. The summed E-state index contributed by atoms with van der Waals surface area (Å²) in [4.78, 5) is 0. The number of ether oxygens (including phenoxy) is 1. The van der Waals surface area contributed by atoms with Crippen molar-refractivity contribution >= 4 is 33.2 Å². The monoisotopic (exact) mass is 359 g/mol. The molecule has 0 bridgehead atoms. The second-order valence-corrected chi connectivity index (χ2v) is 6.67. The van der Waals surface area contributed by atoms with Crippen LogP contribution in [0.3, 0.4) is 0 Å². The van der Waals surface area contributed by atoms with E-state index < -0.39 is 0 Å². The van der Waals surface area contributed by atoms with Gasteiger partial charge in [0.25, 0.3) is 0 Å². The molecule has 1 fully saturated rings. The zero-order chi connectivity index (χ0) is 14.4. The van der Waals surface area contributed by atoms with E-state index in [4.69, 9.17) is 16.3 Å². The van der Waals surface area contributed by atoms with Crippen molar-refractivity contribution in [2.75, 3.05) is 11.9 Å². The summed E-state index contributed by atoms with van der Waals surface area (Å²) in [5.41, 5.74) is 1.01. The molecular weight excluding hydrogens is 338 g/mol. The number of rotatable bonds is 4. The van der Waals surface area contributed by atoms with Crippen molar-refractivity contribution in [1.82, 2.24) is 0 Å². The molecule has 0 radical (unpaired) electrons. The molecule has 1 saturated carbocycles. The van der Waals surface area contributed by atoms with Crippen LogP contribution in [0.1, 0.15) is 51.9 Å². The minimum Gasteiger partial charge on any atom is -0.491 e. The van der Waals surface area contributed by atoms with Gasteiger partial charge in [0, 0.05) is 11.1 Å². The van der Waals surface area contributed by atoms with Crippen molar-refractivity contribution in [3.05, 3.63) is 21.6 Å². The molecule has 0 aromatic heterocycles. The van der Waals surface area contributed by atoms with Gasteiger partial charge in [0.2, 0.25) is 0 Å². The molecule has 0 aliphatic heterocycles. The molecule has 2 rings (SSSR count). The summed E-state index contributed by atoms with van der Waals surface area (Å²) in [5, 5.41) is 4.37. The number of benzene rings is 1. The first-order chi connectivity index (χ1) is 9.70. The number of nitrogens with one attached hydrogen (secondary N) is 1. The molecule has 1 aliphatic carbocycles. The molecular formula is C16H23BrClNO. The van der Waals surface area contributed by atoms with Crippen LogP contribution in [0.4, 0.5) is 5.69 Å². The van der Waals surface area contributed by atoms with E-state index in [0.717, 1.165) is 20.9 Å². The Kier molecular flexibility index (Phi) is 6.50. The summed E-state index contributed by atoms with van der Waals surface area (Å²) in [6.45, 7) is 2.65. The summed E-state index contributed by atoms with van der Waals surface area (Å²) < 4.78 is 6.67. The van der Waals surface area contributed by atoms with Gasteiger partial charge in [0.15, 0.2) is 5.75 Å². The van der Waals surface area contributed by atoms with Crippen LogP contribution in [0.25, 0.3) is 0 Å². The standard InChI is InChI=1S/C16H23BrClNO/c1-2-20-16-14(17)10-12(18)11-15(16)19-13-8-6-4-3-5-7-9-13/h10-11,13,19H,2-9H2,1H3. The Hall–Kier alpha value is -0.410. The molecule has 2 nitrogen and oxygen atoms in total. The highest BCUT2D eigenvalue weighted by molar-refractivity contribution is 9.10. The van der Waals surface area contributed by atoms with Crippen molar-refractivity contribution in [2.24, 2.45) is 0 Å². The van der Waals surface area contributed by atoms with Crippen molar-refractivity contribution in [1.29, 1.82) is 0 Å². The lowest BCUT2D eigenvalue weighted by Gasteiger charge is -2.24. The fraction of sp³-hybridized carbons (Fsp3) is 0.625. The Morgan fingerprint density at radius 1 is 1.20 bits per heavy atom. The molecule has 1 aliphatic rings. The first-order valence-electron chi connectivity index (χ1n) is 7.59. The Morgan fingerprint density at radius 2 is 1.85 bits per heavy atom. The minimum atomic E-state index is 0.528. The maximum Gasteiger partial charge on any atom is 0.156 e. The van der Waals surface area contributed by atoms with Gasteiger partial charge >= 0.3 is 0 Å². The smallest absolute Gasteiger partial charge is 0.156 e. The van der Waals surface area contributed by atoms with Crippen LogP contribution in [0.15, 0.2) is 16.6 Å². The molecule has 20 heavy (non-hydrogen) atoms.